The Labute approximate surface area is 126 Å². The van der Waals surface area contributed by atoms with Crippen molar-refractivity contribution < 1.29 is 0 Å². The zero-order valence-corrected chi connectivity index (χ0v) is 12.6. The second-order valence-electron chi connectivity index (χ2n) is 4.58. The summed E-state index contributed by atoms with van der Waals surface area (Å²) in [6.07, 6.45) is 3.36. The van der Waals surface area contributed by atoms with E-state index in [1.165, 1.54) is 16.7 Å². The lowest BCUT2D eigenvalue weighted by Crippen LogP contribution is -1.90. The zero-order valence-electron chi connectivity index (χ0n) is 11.0. The monoisotopic (exact) mass is 324 g/mol. The van der Waals surface area contributed by atoms with Gasteiger partial charge in [0.05, 0.1) is 5.69 Å². The van der Waals surface area contributed by atoms with Crippen molar-refractivity contribution >= 4 is 15.9 Å². The molecule has 1 heterocycles. The first-order valence-electron chi connectivity index (χ1n) is 6.37. The van der Waals surface area contributed by atoms with Crippen molar-refractivity contribution in [2.45, 2.75) is 6.92 Å². The molecule has 0 N–H and O–H groups in total. The minimum absolute atomic E-state index is 0.953. The molecular weight excluding hydrogens is 312 g/mol. The highest BCUT2D eigenvalue weighted by Gasteiger charge is 2.08. The van der Waals surface area contributed by atoms with E-state index in [-0.39, 0.29) is 0 Å². The van der Waals surface area contributed by atoms with Crippen LogP contribution in [0.25, 0.3) is 22.4 Å². The predicted octanol–water partition coefficient (Wildman–Crippen LogP) is 4.88. The van der Waals surface area contributed by atoms with E-state index in [0.717, 1.165) is 15.7 Å². The molecule has 0 aliphatic carbocycles. The molecule has 20 heavy (non-hydrogen) atoms. The third-order valence-corrected chi connectivity index (χ3v) is 3.82. The van der Waals surface area contributed by atoms with Gasteiger partial charge in [-0.1, -0.05) is 46.3 Å². The summed E-state index contributed by atoms with van der Waals surface area (Å²) in [5.74, 6) is 0. The minimum Gasteiger partial charge on any atom is -0.245 e. The van der Waals surface area contributed by atoms with Gasteiger partial charge in [0, 0.05) is 16.2 Å². The summed E-state index contributed by atoms with van der Waals surface area (Å²) < 4.78 is 1.09. The van der Waals surface area contributed by atoms with Gasteiger partial charge in [0.25, 0.3) is 0 Å². The van der Waals surface area contributed by atoms with Gasteiger partial charge in [-0.05, 0) is 41.8 Å². The number of aromatic nitrogens is 2. The van der Waals surface area contributed by atoms with Gasteiger partial charge in [-0.15, -0.1) is 0 Å². The van der Waals surface area contributed by atoms with Crippen molar-refractivity contribution in [1.82, 2.24) is 9.97 Å². The molecule has 0 bridgehead atoms. The van der Waals surface area contributed by atoms with Crippen LogP contribution in [0.1, 0.15) is 5.56 Å². The van der Waals surface area contributed by atoms with Crippen LogP contribution < -0.4 is 0 Å². The lowest BCUT2D eigenvalue weighted by Gasteiger charge is -2.11. The van der Waals surface area contributed by atoms with Crippen LogP contribution in [0.3, 0.4) is 0 Å². The lowest BCUT2D eigenvalue weighted by molar-refractivity contribution is 1.17. The van der Waals surface area contributed by atoms with Gasteiger partial charge in [-0.3, -0.25) is 0 Å². The number of nitrogens with zero attached hydrogens (tertiary/aromatic N) is 2. The lowest BCUT2D eigenvalue weighted by atomic mass is 9.95. The van der Waals surface area contributed by atoms with Crippen LogP contribution >= 0.6 is 15.9 Å². The van der Waals surface area contributed by atoms with E-state index in [2.05, 4.69) is 69.2 Å². The number of hydrogen-bond acceptors (Lipinski definition) is 2. The first kappa shape index (κ1) is 13.0. The van der Waals surface area contributed by atoms with Gasteiger partial charge in [-0.2, -0.15) is 0 Å². The quantitative estimate of drug-likeness (QED) is 0.671. The maximum Gasteiger partial charge on any atom is 0.116 e. The van der Waals surface area contributed by atoms with Crippen molar-refractivity contribution in [2.24, 2.45) is 0 Å². The molecule has 0 saturated heterocycles. The molecule has 0 saturated carbocycles. The number of benzene rings is 2. The van der Waals surface area contributed by atoms with E-state index >= 15 is 0 Å². The van der Waals surface area contributed by atoms with Crippen LogP contribution in [0.15, 0.2) is 65.5 Å². The molecule has 0 aliphatic rings. The molecule has 0 aliphatic heterocycles. The molecule has 0 spiro atoms. The van der Waals surface area contributed by atoms with Crippen molar-refractivity contribution in [3.63, 3.8) is 0 Å². The van der Waals surface area contributed by atoms with Crippen molar-refractivity contribution in [3.8, 4) is 22.4 Å². The summed E-state index contributed by atoms with van der Waals surface area (Å²) in [6, 6.07) is 16.6. The van der Waals surface area contributed by atoms with Crippen molar-refractivity contribution in [2.75, 3.05) is 0 Å². The normalized spacial score (nSPS) is 10.5. The molecule has 3 aromatic rings. The Morgan fingerprint density at radius 1 is 0.950 bits per heavy atom. The highest BCUT2D eigenvalue weighted by Crippen LogP contribution is 2.31. The predicted molar refractivity (Wildman–Crippen MR) is 85.3 cm³/mol. The Bertz CT molecular complexity index is 739. The van der Waals surface area contributed by atoms with E-state index < -0.39 is 0 Å². The van der Waals surface area contributed by atoms with Gasteiger partial charge in [0.1, 0.15) is 6.33 Å². The van der Waals surface area contributed by atoms with E-state index in [1.807, 2.05) is 12.1 Å². The van der Waals surface area contributed by atoms with E-state index in [0.29, 0.717) is 0 Å². The van der Waals surface area contributed by atoms with Gasteiger partial charge in [-0.25, -0.2) is 9.97 Å². The first-order valence-corrected chi connectivity index (χ1v) is 7.17. The molecule has 98 valence electrons. The van der Waals surface area contributed by atoms with Crippen LogP contribution in [0, 0.1) is 6.92 Å². The molecule has 0 fully saturated rings. The summed E-state index contributed by atoms with van der Waals surface area (Å²) in [5, 5.41) is 0. The SMILES string of the molecule is Cc1c(-c2cccc(Br)c2)cccc1-c1ccncn1. The average Bonchev–Trinajstić information content (AvgIpc) is 2.48. The van der Waals surface area contributed by atoms with Crippen LogP contribution in [0.4, 0.5) is 0 Å². The van der Waals surface area contributed by atoms with E-state index in [4.69, 9.17) is 0 Å². The third-order valence-electron chi connectivity index (χ3n) is 3.33. The molecule has 0 unspecified atom stereocenters. The Hall–Kier alpha value is -2.00. The Kier molecular flexibility index (Phi) is 3.61. The molecule has 2 aromatic carbocycles. The second-order valence-corrected chi connectivity index (χ2v) is 5.50. The Morgan fingerprint density at radius 2 is 1.75 bits per heavy atom. The molecule has 3 heteroatoms. The largest absolute Gasteiger partial charge is 0.245 e. The van der Waals surface area contributed by atoms with Crippen LogP contribution in [0.2, 0.25) is 0 Å². The summed E-state index contributed by atoms with van der Waals surface area (Å²) in [6.45, 7) is 2.13. The molecule has 0 amide bonds. The smallest absolute Gasteiger partial charge is 0.116 e. The van der Waals surface area contributed by atoms with Crippen molar-refractivity contribution in [3.05, 3.63) is 71.1 Å². The first-order chi connectivity index (χ1) is 9.75. The number of rotatable bonds is 2. The van der Waals surface area contributed by atoms with Gasteiger partial charge in [0.15, 0.2) is 0 Å². The summed E-state index contributed by atoms with van der Waals surface area (Å²) in [7, 11) is 0. The minimum atomic E-state index is 0.953. The summed E-state index contributed by atoms with van der Waals surface area (Å²) >= 11 is 3.53. The molecule has 0 atom stereocenters. The standard InChI is InChI=1S/C17H13BrN2/c1-12-15(13-4-2-5-14(18)10-13)6-3-7-16(12)17-8-9-19-11-20-17/h2-11H,1H3. The molecule has 3 rings (SSSR count). The van der Waals surface area contributed by atoms with Gasteiger partial charge >= 0.3 is 0 Å². The highest BCUT2D eigenvalue weighted by molar-refractivity contribution is 9.10. The zero-order chi connectivity index (χ0) is 13.9. The van der Waals surface area contributed by atoms with E-state index in [9.17, 15) is 0 Å². The van der Waals surface area contributed by atoms with Crippen LogP contribution in [-0.4, -0.2) is 9.97 Å². The molecule has 2 nitrogen and oxygen atoms in total. The Balaban J connectivity index is 2.15. The van der Waals surface area contributed by atoms with E-state index in [1.54, 1.807) is 12.5 Å². The number of halogens is 1. The molecule has 1 aromatic heterocycles. The fourth-order valence-corrected chi connectivity index (χ4v) is 2.73. The average molecular weight is 325 g/mol. The fourth-order valence-electron chi connectivity index (χ4n) is 2.33. The maximum atomic E-state index is 4.34. The number of hydrogen-bond donors (Lipinski definition) is 0. The molecule has 0 radical (unpaired) electrons. The second kappa shape index (κ2) is 5.55. The van der Waals surface area contributed by atoms with Crippen LogP contribution in [-0.2, 0) is 0 Å². The fraction of sp³-hybridized carbons (Fsp3) is 0.0588. The third kappa shape index (κ3) is 2.49. The molecular formula is C17H13BrN2. The van der Waals surface area contributed by atoms with Gasteiger partial charge < -0.3 is 0 Å². The van der Waals surface area contributed by atoms with Gasteiger partial charge in [0.2, 0.25) is 0 Å². The Morgan fingerprint density at radius 3 is 2.50 bits per heavy atom. The summed E-state index contributed by atoms with van der Waals surface area (Å²) in [4.78, 5) is 8.32. The summed E-state index contributed by atoms with van der Waals surface area (Å²) in [5.41, 5.74) is 5.75. The maximum absolute atomic E-state index is 4.34. The van der Waals surface area contributed by atoms with Crippen molar-refractivity contribution in [1.29, 1.82) is 0 Å². The topological polar surface area (TPSA) is 25.8 Å². The highest BCUT2D eigenvalue weighted by atomic mass is 79.9. The van der Waals surface area contributed by atoms with Crippen LogP contribution in [0.5, 0.6) is 0 Å².